The Hall–Kier alpha value is -0.110. The molecule has 0 spiro atoms. The Bertz CT molecular complexity index is 368. The van der Waals surface area contributed by atoms with Crippen molar-refractivity contribution in [1.82, 2.24) is 0 Å². The maximum absolute atomic E-state index is 5.78. The molecule has 0 saturated carbocycles. The summed E-state index contributed by atoms with van der Waals surface area (Å²) in [6, 6.07) is 0. The Morgan fingerprint density at radius 3 is 1.00 bits per heavy atom. The van der Waals surface area contributed by atoms with Crippen molar-refractivity contribution >= 4 is 17.3 Å². The molecule has 0 aliphatic rings. The van der Waals surface area contributed by atoms with Crippen LogP contribution in [0.25, 0.3) is 0 Å². The molecule has 198 valence electrons. The minimum absolute atomic E-state index is 0.842. The van der Waals surface area contributed by atoms with Gasteiger partial charge in [-0.25, -0.2) is 0 Å². The molecule has 0 saturated heterocycles. The van der Waals surface area contributed by atoms with Gasteiger partial charge in [-0.05, 0) is 25.1 Å². The van der Waals surface area contributed by atoms with Crippen LogP contribution in [0.1, 0.15) is 187 Å². The molecule has 0 heterocycles. The van der Waals surface area contributed by atoms with Crippen molar-refractivity contribution in [2.24, 2.45) is 0 Å². The van der Waals surface area contributed by atoms with Crippen LogP contribution < -0.4 is 0 Å². The van der Waals surface area contributed by atoms with Gasteiger partial charge in [0.15, 0.2) is 5.05 Å². The highest BCUT2D eigenvalue weighted by Crippen LogP contribution is 2.14. The zero-order valence-corrected chi connectivity index (χ0v) is 23.9. The van der Waals surface area contributed by atoms with Crippen LogP contribution in [0.5, 0.6) is 0 Å². The number of hydrogen-bond acceptors (Lipinski definition) is 2. The average molecular weight is 483 g/mol. The molecule has 0 bridgehead atoms. The van der Waals surface area contributed by atoms with E-state index in [4.69, 9.17) is 17.0 Å². The maximum atomic E-state index is 5.78. The fraction of sp³-hybridized carbons (Fsp3) is 0.968. The third kappa shape index (κ3) is 29.9. The Balaban J connectivity index is 3.13. The summed E-state index contributed by atoms with van der Waals surface area (Å²) in [5.41, 5.74) is 0. The third-order valence-corrected chi connectivity index (χ3v) is 7.32. The molecule has 2 heteroatoms. The predicted octanol–water partition coefficient (Wildman–Crippen LogP) is 11.9. The number of ether oxygens (including phenoxy) is 1. The monoisotopic (exact) mass is 482 g/mol. The summed E-state index contributed by atoms with van der Waals surface area (Å²) >= 11 is 5.41. The second kappa shape index (κ2) is 29.9. The van der Waals surface area contributed by atoms with Crippen molar-refractivity contribution in [1.29, 1.82) is 0 Å². The van der Waals surface area contributed by atoms with E-state index in [0.29, 0.717) is 0 Å². The van der Waals surface area contributed by atoms with Gasteiger partial charge < -0.3 is 4.74 Å². The summed E-state index contributed by atoms with van der Waals surface area (Å²) in [6.07, 6.45) is 37.4. The largest absolute Gasteiger partial charge is 0.487 e. The Morgan fingerprint density at radius 2 is 0.667 bits per heavy atom. The number of thiocarbonyl (C=S) groups is 1. The standard InChI is InChI=1S/C31H62OS/c1-3-5-7-9-11-13-15-16-17-18-19-21-23-25-27-29-31(33)32-30-28-26-24-22-20-14-12-10-8-6-4-2/h3-30H2,1-2H3. The van der Waals surface area contributed by atoms with Gasteiger partial charge in [0, 0.05) is 6.42 Å². The first-order valence-corrected chi connectivity index (χ1v) is 15.9. The van der Waals surface area contributed by atoms with Gasteiger partial charge in [0.1, 0.15) is 0 Å². The Kier molecular flexibility index (Phi) is 29.8. The second-order valence-corrected chi connectivity index (χ2v) is 10.9. The third-order valence-electron chi connectivity index (χ3n) is 7.00. The molecule has 0 N–H and O–H groups in total. The van der Waals surface area contributed by atoms with Crippen molar-refractivity contribution in [2.75, 3.05) is 6.61 Å². The highest BCUT2D eigenvalue weighted by atomic mass is 32.1. The van der Waals surface area contributed by atoms with E-state index in [1.165, 1.54) is 167 Å². The lowest BCUT2D eigenvalue weighted by Crippen LogP contribution is -2.03. The highest BCUT2D eigenvalue weighted by molar-refractivity contribution is 7.80. The molecule has 0 aromatic heterocycles. The molecule has 1 nitrogen and oxygen atoms in total. The van der Waals surface area contributed by atoms with Crippen molar-refractivity contribution in [2.45, 2.75) is 187 Å². The van der Waals surface area contributed by atoms with Crippen molar-refractivity contribution in [3.63, 3.8) is 0 Å². The first kappa shape index (κ1) is 32.9. The molecule has 0 aromatic carbocycles. The zero-order valence-electron chi connectivity index (χ0n) is 23.1. The molecule has 0 atom stereocenters. The summed E-state index contributed by atoms with van der Waals surface area (Å²) in [6.45, 7) is 5.43. The van der Waals surface area contributed by atoms with Gasteiger partial charge in [-0.3, -0.25) is 0 Å². The van der Waals surface area contributed by atoms with Crippen LogP contribution in [-0.4, -0.2) is 11.7 Å². The number of unbranched alkanes of at least 4 members (excludes halogenated alkanes) is 24. The van der Waals surface area contributed by atoms with Crippen LogP contribution in [0, 0.1) is 0 Å². The highest BCUT2D eigenvalue weighted by Gasteiger charge is 2.00. The molecule has 0 radical (unpaired) electrons. The first-order chi connectivity index (χ1) is 16.3. The smallest absolute Gasteiger partial charge is 0.159 e. The van der Waals surface area contributed by atoms with Crippen molar-refractivity contribution in [3.8, 4) is 0 Å². The van der Waals surface area contributed by atoms with E-state index >= 15 is 0 Å². The number of rotatable bonds is 28. The van der Waals surface area contributed by atoms with Crippen molar-refractivity contribution < 1.29 is 4.74 Å². The normalized spacial score (nSPS) is 11.2. The van der Waals surface area contributed by atoms with Crippen LogP contribution in [0.3, 0.4) is 0 Å². The first-order valence-electron chi connectivity index (χ1n) is 15.5. The Labute approximate surface area is 215 Å². The van der Waals surface area contributed by atoms with E-state index in [2.05, 4.69) is 13.8 Å². The fourth-order valence-electron chi connectivity index (χ4n) is 4.67. The zero-order chi connectivity index (χ0) is 24.1. The maximum Gasteiger partial charge on any atom is 0.159 e. The van der Waals surface area contributed by atoms with Crippen LogP contribution in [0.4, 0.5) is 0 Å². The second-order valence-electron chi connectivity index (χ2n) is 10.5. The predicted molar refractivity (Wildman–Crippen MR) is 155 cm³/mol. The number of hydrogen-bond donors (Lipinski definition) is 0. The van der Waals surface area contributed by atoms with Gasteiger partial charge in [-0.1, -0.05) is 168 Å². The van der Waals surface area contributed by atoms with Crippen LogP contribution in [-0.2, 0) is 4.74 Å². The minimum Gasteiger partial charge on any atom is -0.487 e. The van der Waals surface area contributed by atoms with Crippen molar-refractivity contribution in [3.05, 3.63) is 0 Å². The average Bonchev–Trinajstić information content (AvgIpc) is 2.82. The topological polar surface area (TPSA) is 9.23 Å². The van der Waals surface area contributed by atoms with Gasteiger partial charge in [-0.15, -0.1) is 0 Å². The lowest BCUT2D eigenvalue weighted by atomic mass is 10.0. The van der Waals surface area contributed by atoms with E-state index < -0.39 is 0 Å². The van der Waals surface area contributed by atoms with E-state index in [9.17, 15) is 0 Å². The summed E-state index contributed by atoms with van der Waals surface area (Å²) in [5, 5.41) is 0.858. The van der Waals surface area contributed by atoms with E-state index in [1.807, 2.05) is 0 Å². The summed E-state index contributed by atoms with van der Waals surface area (Å²) < 4.78 is 5.78. The molecule has 0 rings (SSSR count). The van der Waals surface area contributed by atoms with Crippen LogP contribution in [0.15, 0.2) is 0 Å². The molecular formula is C31H62OS. The molecule has 0 aromatic rings. The summed E-state index contributed by atoms with van der Waals surface area (Å²) in [4.78, 5) is 0. The Morgan fingerprint density at radius 1 is 0.394 bits per heavy atom. The molecule has 0 aliphatic heterocycles. The van der Waals surface area contributed by atoms with Gasteiger partial charge >= 0.3 is 0 Å². The summed E-state index contributed by atoms with van der Waals surface area (Å²) in [5.74, 6) is 0. The van der Waals surface area contributed by atoms with Gasteiger partial charge in [-0.2, -0.15) is 0 Å². The summed E-state index contributed by atoms with van der Waals surface area (Å²) in [7, 11) is 0. The fourth-order valence-corrected chi connectivity index (χ4v) is 4.89. The molecule has 0 unspecified atom stereocenters. The molecule has 0 amide bonds. The molecule has 0 fully saturated rings. The lowest BCUT2D eigenvalue weighted by molar-refractivity contribution is 0.290. The lowest BCUT2D eigenvalue weighted by Gasteiger charge is -2.08. The van der Waals surface area contributed by atoms with E-state index in [0.717, 1.165) is 18.1 Å². The molecular weight excluding hydrogens is 420 g/mol. The van der Waals surface area contributed by atoms with Gasteiger partial charge in [0.2, 0.25) is 0 Å². The van der Waals surface area contributed by atoms with Gasteiger partial charge in [0.25, 0.3) is 0 Å². The molecule has 33 heavy (non-hydrogen) atoms. The van der Waals surface area contributed by atoms with E-state index in [1.54, 1.807) is 0 Å². The van der Waals surface area contributed by atoms with E-state index in [-0.39, 0.29) is 0 Å². The molecule has 0 aliphatic carbocycles. The van der Waals surface area contributed by atoms with Crippen LogP contribution >= 0.6 is 12.2 Å². The SMILES string of the molecule is CCCCCCCCCCCCCCCCCC(=S)OCCCCCCCCCCCCC. The van der Waals surface area contributed by atoms with Gasteiger partial charge in [0.05, 0.1) is 6.61 Å². The minimum atomic E-state index is 0.842. The van der Waals surface area contributed by atoms with Crippen LogP contribution in [0.2, 0.25) is 0 Å². The quantitative estimate of drug-likeness (QED) is 0.0809.